The Morgan fingerprint density at radius 3 is 1.42 bits per heavy atom. The van der Waals surface area contributed by atoms with E-state index < -0.39 is 0 Å². The lowest BCUT2D eigenvalue weighted by molar-refractivity contribution is 0.0956. The third-order valence-electron chi connectivity index (χ3n) is 5.28. The normalized spacial score (nSPS) is 11.1. The molecule has 154 valence electrons. The SMILES string of the molecule is O=C(NCCSC(c1ccccc1)(c1ccccc1)c1ccccc1)c1ccccc1. The summed E-state index contributed by atoms with van der Waals surface area (Å²) in [6, 6.07) is 41.2. The van der Waals surface area contributed by atoms with Crippen LogP contribution in [0.1, 0.15) is 27.0 Å². The van der Waals surface area contributed by atoms with Crippen molar-refractivity contribution in [2.45, 2.75) is 4.75 Å². The zero-order valence-electron chi connectivity index (χ0n) is 17.3. The van der Waals surface area contributed by atoms with E-state index in [0.717, 1.165) is 5.75 Å². The van der Waals surface area contributed by atoms with Crippen LogP contribution in [0, 0.1) is 0 Å². The number of rotatable bonds is 8. The maximum atomic E-state index is 12.5. The summed E-state index contributed by atoms with van der Waals surface area (Å²) in [5.74, 6) is 0.739. The predicted octanol–water partition coefficient (Wildman–Crippen LogP) is 6.14. The van der Waals surface area contributed by atoms with E-state index in [0.29, 0.717) is 12.1 Å². The molecule has 4 aromatic carbocycles. The molecule has 0 heterocycles. The average Bonchev–Trinajstić information content (AvgIpc) is 2.86. The van der Waals surface area contributed by atoms with Crippen LogP contribution >= 0.6 is 11.8 Å². The minimum absolute atomic E-state index is 0.0362. The number of benzene rings is 4. The molecule has 0 atom stereocenters. The number of amides is 1. The zero-order chi connectivity index (χ0) is 21.4. The highest BCUT2D eigenvalue weighted by Gasteiger charge is 2.36. The van der Waals surface area contributed by atoms with Gasteiger partial charge in [-0.3, -0.25) is 4.79 Å². The highest BCUT2D eigenvalue weighted by molar-refractivity contribution is 8.00. The molecule has 0 aliphatic heterocycles. The van der Waals surface area contributed by atoms with Gasteiger partial charge in [0.1, 0.15) is 0 Å². The maximum absolute atomic E-state index is 12.5. The quantitative estimate of drug-likeness (QED) is 0.272. The molecule has 0 bridgehead atoms. The number of carbonyl (C=O) groups excluding carboxylic acids is 1. The van der Waals surface area contributed by atoms with Crippen molar-refractivity contribution in [1.82, 2.24) is 5.32 Å². The van der Waals surface area contributed by atoms with E-state index in [1.54, 1.807) is 0 Å². The molecule has 0 spiro atoms. The molecular formula is C28H25NOS. The highest BCUT2D eigenvalue weighted by atomic mass is 32.2. The summed E-state index contributed by atoms with van der Waals surface area (Å²) < 4.78 is -0.360. The monoisotopic (exact) mass is 423 g/mol. The largest absolute Gasteiger partial charge is 0.351 e. The van der Waals surface area contributed by atoms with Crippen LogP contribution in [0.2, 0.25) is 0 Å². The van der Waals surface area contributed by atoms with Crippen molar-refractivity contribution in [3.63, 3.8) is 0 Å². The fraction of sp³-hybridized carbons (Fsp3) is 0.107. The highest BCUT2D eigenvalue weighted by Crippen LogP contribution is 2.48. The van der Waals surface area contributed by atoms with Gasteiger partial charge in [-0.05, 0) is 28.8 Å². The van der Waals surface area contributed by atoms with E-state index in [-0.39, 0.29) is 10.7 Å². The lowest BCUT2D eigenvalue weighted by Gasteiger charge is -2.35. The summed E-state index contributed by atoms with van der Waals surface area (Å²) in [5, 5.41) is 3.07. The Balaban J connectivity index is 1.63. The molecule has 0 saturated carbocycles. The van der Waals surface area contributed by atoms with Crippen LogP contribution in [0.25, 0.3) is 0 Å². The first-order chi connectivity index (χ1) is 15.3. The van der Waals surface area contributed by atoms with Gasteiger partial charge in [0.05, 0.1) is 4.75 Å². The fourth-order valence-electron chi connectivity index (χ4n) is 3.83. The fourth-order valence-corrected chi connectivity index (χ4v) is 5.25. The van der Waals surface area contributed by atoms with Crippen molar-refractivity contribution in [2.24, 2.45) is 0 Å². The summed E-state index contributed by atoms with van der Waals surface area (Å²) in [6.07, 6.45) is 0. The van der Waals surface area contributed by atoms with Gasteiger partial charge in [0.2, 0.25) is 0 Å². The van der Waals surface area contributed by atoms with Crippen molar-refractivity contribution in [3.8, 4) is 0 Å². The van der Waals surface area contributed by atoms with Gasteiger partial charge in [0, 0.05) is 17.9 Å². The van der Waals surface area contributed by atoms with E-state index >= 15 is 0 Å². The molecule has 3 heteroatoms. The second-order valence-electron chi connectivity index (χ2n) is 7.25. The van der Waals surface area contributed by atoms with Crippen LogP contribution in [0.15, 0.2) is 121 Å². The van der Waals surface area contributed by atoms with Crippen molar-refractivity contribution in [3.05, 3.63) is 144 Å². The minimum atomic E-state index is -0.360. The first kappa shape index (κ1) is 21.0. The molecule has 4 rings (SSSR count). The summed E-state index contributed by atoms with van der Waals surface area (Å²) in [4.78, 5) is 12.5. The molecule has 31 heavy (non-hydrogen) atoms. The summed E-state index contributed by atoms with van der Waals surface area (Å²) >= 11 is 1.85. The Morgan fingerprint density at radius 2 is 1.00 bits per heavy atom. The van der Waals surface area contributed by atoms with Gasteiger partial charge < -0.3 is 5.32 Å². The molecule has 0 radical (unpaired) electrons. The zero-order valence-corrected chi connectivity index (χ0v) is 18.1. The summed E-state index contributed by atoms with van der Waals surface area (Å²) in [7, 11) is 0. The molecule has 0 unspecified atom stereocenters. The molecule has 0 fully saturated rings. The summed E-state index contributed by atoms with van der Waals surface area (Å²) in [5.41, 5.74) is 4.37. The van der Waals surface area contributed by atoms with Crippen molar-refractivity contribution in [1.29, 1.82) is 0 Å². The van der Waals surface area contributed by atoms with E-state index in [9.17, 15) is 4.79 Å². The molecule has 4 aromatic rings. The van der Waals surface area contributed by atoms with Gasteiger partial charge in [-0.25, -0.2) is 0 Å². The lowest BCUT2D eigenvalue weighted by atomic mass is 9.84. The topological polar surface area (TPSA) is 29.1 Å². The van der Waals surface area contributed by atoms with Gasteiger partial charge in [-0.2, -0.15) is 0 Å². The molecule has 0 saturated heterocycles. The first-order valence-electron chi connectivity index (χ1n) is 10.4. The molecule has 1 amide bonds. The van der Waals surface area contributed by atoms with Crippen LogP contribution in [-0.4, -0.2) is 18.2 Å². The lowest BCUT2D eigenvalue weighted by Crippen LogP contribution is -2.30. The van der Waals surface area contributed by atoms with Crippen LogP contribution in [0.3, 0.4) is 0 Å². The van der Waals surface area contributed by atoms with Crippen molar-refractivity contribution >= 4 is 17.7 Å². The summed E-state index contributed by atoms with van der Waals surface area (Å²) in [6.45, 7) is 0.590. The first-order valence-corrected chi connectivity index (χ1v) is 11.4. The molecule has 2 nitrogen and oxygen atoms in total. The standard InChI is InChI=1S/C28H25NOS/c30-27(23-13-5-1-6-14-23)29-21-22-31-28(24-15-7-2-8-16-24,25-17-9-3-10-18-25)26-19-11-4-12-20-26/h1-20H,21-22H2,(H,29,30). The molecular weight excluding hydrogens is 398 g/mol. The third kappa shape index (κ3) is 4.73. The van der Waals surface area contributed by atoms with Crippen LogP contribution in [-0.2, 0) is 4.75 Å². The minimum Gasteiger partial charge on any atom is -0.351 e. The van der Waals surface area contributed by atoms with Crippen LogP contribution < -0.4 is 5.32 Å². The Hall–Kier alpha value is -3.30. The van der Waals surface area contributed by atoms with E-state index in [1.165, 1.54) is 16.7 Å². The smallest absolute Gasteiger partial charge is 0.251 e. The molecule has 1 N–H and O–H groups in total. The van der Waals surface area contributed by atoms with Gasteiger partial charge in [0.25, 0.3) is 5.91 Å². The Labute approximate surface area is 188 Å². The van der Waals surface area contributed by atoms with Gasteiger partial charge in [-0.1, -0.05) is 109 Å². The van der Waals surface area contributed by atoms with Gasteiger partial charge in [0.15, 0.2) is 0 Å². The molecule has 0 aliphatic rings. The molecule has 0 aromatic heterocycles. The third-order valence-corrected chi connectivity index (χ3v) is 6.83. The number of carbonyl (C=O) groups is 1. The average molecular weight is 424 g/mol. The van der Waals surface area contributed by atoms with Gasteiger partial charge in [-0.15, -0.1) is 11.8 Å². The Bertz CT molecular complexity index is 986. The Kier molecular flexibility index (Phi) is 6.85. The van der Waals surface area contributed by atoms with Crippen molar-refractivity contribution < 1.29 is 4.79 Å². The number of thioether (sulfide) groups is 1. The van der Waals surface area contributed by atoms with Crippen LogP contribution in [0.5, 0.6) is 0 Å². The van der Waals surface area contributed by atoms with E-state index in [4.69, 9.17) is 0 Å². The second-order valence-corrected chi connectivity index (χ2v) is 8.56. The second kappa shape index (κ2) is 10.1. The van der Waals surface area contributed by atoms with Crippen molar-refractivity contribution in [2.75, 3.05) is 12.3 Å². The maximum Gasteiger partial charge on any atom is 0.251 e. The molecule has 0 aliphatic carbocycles. The van der Waals surface area contributed by atoms with E-state index in [1.807, 2.05) is 42.1 Å². The Morgan fingerprint density at radius 1 is 0.613 bits per heavy atom. The van der Waals surface area contributed by atoms with E-state index in [2.05, 4.69) is 96.3 Å². The van der Waals surface area contributed by atoms with Crippen LogP contribution in [0.4, 0.5) is 0 Å². The number of hydrogen-bond donors (Lipinski definition) is 1. The number of hydrogen-bond acceptors (Lipinski definition) is 2. The number of nitrogens with one attached hydrogen (secondary N) is 1. The van der Waals surface area contributed by atoms with Gasteiger partial charge >= 0.3 is 0 Å². The predicted molar refractivity (Wildman–Crippen MR) is 130 cm³/mol.